The van der Waals surface area contributed by atoms with Gasteiger partial charge in [-0.3, -0.25) is 9.89 Å². The molecule has 0 fully saturated rings. The second kappa shape index (κ2) is 7.97. The number of carbonyl (C=O) groups is 1. The largest absolute Gasteiger partial charge is 0.359 e. The highest BCUT2D eigenvalue weighted by molar-refractivity contribution is 5.91. The van der Waals surface area contributed by atoms with Gasteiger partial charge in [0.15, 0.2) is 17.3 Å². The molecule has 33 heavy (non-hydrogen) atoms. The van der Waals surface area contributed by atoms with Crippen LogP contribution in [-0.4, -0.2) is 41.2 Å². The molecule has 0 aliphatic carbocycles. The van der Waals surface area contributed by atoms with E-state index in [9.17, 15) is 4.79 Å². The Labute approximate surface area is 189 Å². The van der Waals surface area contributed by atoms with Crippen LogP contribution in [-0.2, 0) is 16.6 Å². The number of nitrogens with one attached hydrogen (secondary N) is 2. The number of amides is 1. The van der Waals surface area contributed by atoms with Gasteiger partial charge >= 0.3 is 0 Å². The number of fused-ring (bicyclic) bond motifs is 1. The van der Waals surface area contributed by atoms with Crippen molar-refractivity contribution in [2.45, 2.75) is 32.6 Å². The van der Waals surface area contributed by atoms with Gasteiger partial charge in [-0.2, -0.15) is 9.78 Å². The molecule has 0 aliphatic rings. The molecule has 0 saturated carbocycles. The van der Waals surface area contributed by atoms with Crippen molar-refractivity contribution in [3.8, 4) is 16.9 Å². The van der Waals surface area contributed by atoms with Gasteiger partial charge in [0.05, 0.1) is 24.2 Å². The zero-order valence-electron chi connectivity index (χ0n) is 18.4. The van der Waals surface area contributed by atoms with E-state index in [1.807, 2.05) is 51.1 Å². The lowest BCUT2D eigenvalue weighted by atomic mass is 9.93. The van der Waals surface area contributed by atoms with Gasteiger partial charge in [0, 0.05) is 23.2 Å². The van der Waals surface area contributed by atoms with Crippen molar-refractivity contribution >= 4 is 22.8 Å². The van der Waals surface area contributed by atoms with Gasteiger partial charge in [0.1, 0.15) is 5.76 Å². The Morgan fingerprint density at radius 2 is 1.97 bits per heavy atom. The Morgan fingerprint density at radius 1 is 1.15 bits per heavy atom. The second-order valence-electron chi connectivity index (χ2n) is 8.76. The van der Waals surface area contributed by atoms with E-state index in [0.29, 0.717) is 17.3 Å². The van der Waals surface area contributed by atoms with Crippen LogP contribution in [0.5, 0.6) is 0 Å². The maximum absolute atomic E-state index is 12.4. The third-order valence-electron chi connectivity index (χ3n) is 5.20. The first-order valence-electron chi connectivity index (χ1n) is 10.4. The fraction of sp³-hybridized carbons (Fsp3) is 0.217. The number of nitrogens with zero attached hydrogens (tertiary/aromatic N) is 6. The summed E-state index contributed by atoms with van der Waals surface area (Å²) in [6.45, 7) is 6.07. The summed E-state index contributed by atoms with van der Waals surface area (Å²) in [5, 5.41) is 22.6. The van der Waals surface area contributed by atoms with E-state index in [1.54, 1.807) is 29.3 Å². The molecule has 0 radical (unpaired) electrons. The van der Waals surface area contributed by atoms with Crippen LogP contribution in [0.2, 0.25) is 0 Å². The molecule has 0 atom stereocenters. The predicted octanol–water partition coefficient (Wildman–Crippen LogP) is 3.67. The smallest absolute Gasteiger partial charge is 0.230 e. The highest BCUT2D eigenvalue weighted by Gasteiger charge is 2.20. The minimum absolute atomic E-state index is 0.157. The number of benzene rings is 1. The summed E-state index contributed by atoms with van der Waals surface area (Å²) >= 11 is 0. The molecule has 10 nitrogen and oxygen atoms in total. The van der Waals surface area contributed by atoms with Gasteiger partial charge in [0.2, 0.25) is 5.91 Å². The summed E-state index contributed by atoms with van der Waals surface area (Å²) in [5.41, 5.74) is 3.29. The molecule has 4 aromatic heterocycles. The minimum atomic E-state index is -0.170. The van der Waals surface area contributed by atoms with Gasteiger partial charge in [0.25, 0.3) is 0 Å². The summed E-state index contributed by atoms with van der Waals surface area (Å²) in [5.74, 6) is 1.62. The highest BCUT2D eigenvalue weighted by atomic mass is 16.5. The van der Waals surface area contributed by atoms with E-state index >= 15 is 0 Å². The molecule has 166 valence electrons. The SMILES string of the molecule is CC(C)(C)c1cc(NC(=O)Cc2ccc(-c3cnc4[nH]nc(-n5ccnn5)c4c3)cc2)no1. The van der Waals surface area contributed by atoms with E-state index in [4.69, 9.17) is 4.52 Å². The molecule has 5 aromatic rings. The van der Waals surface area contributed by atoms with Crippen molar-refractivity contribution in [1.82, 2.24) is 35.3 Å². The van der Waals surface area contributed by atoms with Crippen LogP contribution >= 0.6 is 0 Å². The molecular formula is C23H22N8O2. The number of rotatable bonds is 5. The van der Waals surface area contributed by atoms with Gasteiger partial charge in [-0.15, -0.1) is 5.10 Å². The lowest BCUT2D eigenvalue weighted by molar-refractivity contribution is -0.115. The molecule has 0 saturated heterocycles. The standard InChI is InChI=1S/C23H22N8O2/c1-23(2,3)18-12-19(29-33-18)26-20(32)10-14-4-6-15(7-5-14)16-11-17-21(24-13-16)27-28-22(17)31-9-8-25-30-31/h4-9,11-13H,10H2,1-3H3,(H,24,27,28)(H,26,29,32). The van der Waals surface area contributed by atoms with Crippen LogP contribution in [0.3, 0.4) is 0 Å². The molecule has 4 heterocycles. The topological polar surface area (TPSA) is 127 Å². The van der Waals surface area contributed by atoms with Crippen molar-refractivity contribution in [2.24, 2.45) is 0 Å². The van der Waals surface area contributed by atoms with E-state index in [0.717, 1.165) is 27.8 Å². The Balaban J connectivity index is 1.30. The van der Waals surface area contributed by atoms with E-state index in [-0.39, 0.29) is 17.7 Å². The number of hydrogen-bond acceptors (Lipinski definition) is 7. The third kappa shape index (κ3) is 4.22. The molecule has 1 amide bonds. The zero-order valence-corrected chi connectivity index (χ0v) is 18.4. The lowest BCUT2D eigenvalue weighted by Crippen LogP contribution is -2.14. The number of carbonyl (C=O) groups excluding carboxylic acids is 1. The molecule has 1 aromatic carbocycles. The average molecular weight is 442 g/mol. The maximum Gasteiger partial charge on any atom is 0.230 e. The fourth-order valence-corrected chi connectivity index (χ4v) is 3.42. The van der Waals surface area contributed by atoms with Crippen molar-refractivity contribution in [3.63, 3.8) is 0 Å². The van der Waals surface area contributed by atoms with E-state index < -0.39 is 0 Å². The fourth-order valence-electron chi connectivity index (χ4n) is 3.42. The number of hydrogen-bond donors (Lipinski definition) is 2. The minimum Gasteiger partial charge on any atom is -0.359 e. The first-order valence-corrected chi connectivity index (χ1v) is 10.4. The lowest BCUT2D eigenvalue weighted by Gasteiger charge is -2.12. The maximum atomic E-state index is 12.4. The highest BCUT2D eigenvalue weighted by Crippen LogP contribution is 2.26. The normalized spacial score (nSPS) is 11.7. The van der Waals surface area contributed by atoms with Gasteiger partial charge < -0.3 is 9.84 Å². The Hall–Kier alpha value is -4.34. The molecule has 0 spiro atoms. The Bertz CT molecular complexity index is 1410. The van der Waals surface area contributed by atoms with Crippen LogP contribution < -0.4 is 5.32 Å². The monoisotopic (exact) mass is 442 g/mol. The molecule has 0 unspecified atom stereocenters. The van der Waals surface area contributed by atoms with Gasteiger partial charge in [-0.25, -0.2) is 4.98 Å². The Kier molecular flexibility index (Phi) is 4.97. The number of H-pyrrole nitrogens is 1. The molecule has 0 aliphatic heterocycles. The first-order chi connectivity index (χ1) is 15.9. The number of anilines is 1. The van der Waals surface area contributed by atoms with Crippen LogP contribution in [0.1, 0.15) is 32.1 Å². The molecule has 10 heteroatoms. The number of aromatic amines is 1. The van der Waals surface area contributed by atoms with Gasteiger partial charge in [-0.05, 0) is 17.2 Å². The van der Waals surface area contributed by atoms with Crippen molar-refractivity contribution in [3.05, 3.63) is 66.3 Å². The van der Waals surface area contributed by atoms with E-state index in [2.05, 4.69) is 36.0 Å². The number of pyridine rings is 1. The van der Waals surface area contributed by atoms with Crippen molar-refractivity contribution in [2.75, 3.05) is 5.32 Å². The quantitative estimate of drug-likeness (QED) is 0.425. The van der Waals surface area contributed by atoms with Gasteiger partial charge in [-0.1, -0.05) is 55.4 Å². The summed E-state index contributed by atoms with van der Waals surface area (Å²) < 4.78 is 6.90. The average Bonchev–Trinajstić information content (AvgIpc) is 3.53. The zero-order chi connectivity index (χ0) is 23.0. The molecule has 0 bridgehead atoms. The molecular weight excluding hydrogens is 420 g/mol. The van der Waals surface area contributed by atoms with E-state index in [1.165, 1.54) is 0 Å². The Morgan fingerprint density at radius 3 is 2.67 bits per heavy atom. The summed E-state index contributed by atoms with van der Waals surface area (Å²) in [4.78, 5) is 16.9. The van der Waals surface area contributed by atoms with Crippen LogP contribution in [0.4, 0.5) is 5.82 Å². The summed E-state index contributed by atoms with van der Waals surface area (Å²) in [6, 6.07) is 11.5. The van der Waals surface area contributed by atoms with Crippen molar-refractivity contribution < 1.29 is 9.32 Å². The second-order valence-corrected chi connectivity index (χ2v) is 8.76. The predicted molar refractivity (Wildman–Crippen MR) is 122 cm³/mol. The third-order valence-corrected chi connectivity index (χ3v) is 5.20. The van der Waals surface area contributed by atoms with Crippen LogP contribution in [0.25, 0.3) is 28.0 Å². The summed E-state index contributed by atoms with van der Waals surface area (Å²) in [6.07, 6.45) is 5.34. The number of aromatic nitrogens is 7. The molecule has 5 rings (SSSR count). The van der Waals surface area contributed by atoms with Crippen LogP contribution in [0, 0.1) is 0 Å². The van der Waals surface area contributed by atoms with Crippen molar-refractivity contribution in [1.29, 1.82) is 0 Å². The first kappa shape index (κ1) is 20.6. The van der Waals surface area contributed by atoms with Crippen LogP contribution in [0.15, 0.2) is 59.5 Å². The summed E-state index contributed by atoms with van der Waals surface area (Å²) in [7, 11) is 0. The molecule has 2 N–H and O–H groups in total.